The zero-order valence-corrected chi connectivity index (χ0v) is 20.5. The van der Waals surface area contributed by atoms with Gasteiger partial charge in [-0.3, -0.25) is 0 Å². The molecule has 32 heavy (non-hydrogen) atoms. The van der Waals surface area contributed by atoms with Crippen LogP contribution in [0.5, 0.6) is 0 Å². The van der Waals surface area contributed by atoms with Crippen LogP contribution in [0.3, 0.4) is 0 Å². The van der Waals surface area contributed by atoms with Gasteiger partial charge in [0.25, 0.3) is 0 Å². The molecule has 1 aromatic carbocycles. The van der Waals surface area contributed by atoms with Crippen LogP contribution in [0.15, 0.2) is 22.8 Å². The molecule has 10 heteroatoms. The second kappa shape index (κ2) is 8.32. The van der Waals surface area contributed by atoms with Gasteiger partial charge < -0.3 is 19.7 Å². The average Bonchev–Trinajstić information content (AvgIpc) is 3.32. The summed E-state index contributed by atoms with van der Waals surface area (Å²) in [7, 11) is 2.14. The highest BCUT2D eigenvalue weighted by molar-refractivity contribution is 9.10. The van der Waals surface area contributed by atoms with Crippen molar-refractivity contribution >= 4 is 44.5 Å². The summed E-state index contributed by atoms with van der Waals surface area (Å²) in [4.78, 5) is 19.1. The molecule has 1 saturated heterocycles. The fraction of sp³-hybridized carbons (Fsp3) is 0.455. The van der Waals surface area contributed by atoms with E-state index in [4.69, 9.17) is 15.0 Å². The van der Waals surface area contributed by atoms with Gasteiger partial charge in [0, 0.05) is 32.7 Å². The van der Waals surface area contributed by atoms with Crippen LogP contribution in [0, 0.1) is 13.8 Å². The summed E-state index contributed by atoms with van der Waals surface area (Å²) in [5.41, 5.74) is 5.49. The maximum atomic E-state index is 4.91. The molecule has 1 aliphatic rings. The Bertz CT molecular complexity index is 1280. The number of anilines is 2. The molecule has 3 aromatic heterocycles. The monoisotopic (exact) mass is 497 g/mol. The van der Waals surface area contributed by atoms with Crippen LogP contribution in [0.4, 0.5) is 11.9 Å². The first-order valence-electron chi connectivity index (χ1n) is 11.0. The lowest BCUT2D eigenvalue weighted by Gasteiger charge is -2.32. The number of aryl methyl sites for hydroxylation is 3. The molecule has 0 atom stereocenters. The molecule has 0 amide bonds. The molecule has 0 saturated carbocycles. The van der Waals surface area contributed by atoms with E-state index in [0.29, 0.717) is 12.5 Å². The number of nitrogens with one attached hydrogen (secondary N) is 1. The first-order chi connectivity index (χ1) is 15.4. The van der Waals surface area contributed by atoms with Gasteiger partial charge in [-0.05, 0) is 67.0 Å². The van der Waals surface area contributed by atoms with Crippen LogP contribution in [-0.4, -0.2) is 67.3 Å². The predicted molar refractivity (Wildman–Crippen MR) is 130 cm³/mol. The van der Waals surface area contributed by atoms with Gasteiger partial charge in [0.15, 0.2) is 5.65 Å². The van der Waals surface area contributed by atoms with Crippen LogP contribution in [0.2, 0.25) is 0 Å². The minimum absolute atomic E-state index is 0.548. The molecule has 0 aliphatic carbocycles. The Balaban J connectivity index is 1.49. The van der Waals surface area contributed by atoms with Crippen LogP contribution < -0.4 is 10.2 Å². The number of nitrogens with zero attached hydrogens (tertiary/aromatic N) is 8. The number of fused-ring (bicyclic) bond motifs is 2. The van der Waals surface area contributed by atoms with E-state index < -0.39 is 0 Å². The summed E-state index contributed by atoms with van der Waals surface area (Å²) < 4.78 is 4.86. The fourth-order valence-corrected chi connectivity index (χ4v) is 4.53. The van der Waals surface area contributed by atoms with Gasteiger partial charge >= 0.3 is 0 Å². The fourth-order valence-electron chi connectivity index (χ4n) is 4.18. The van der Waals surface area contributed by atoms with Crippen molar-refractivity contribution in [1.82, 2.24) is 34.0 Å². The highest BCUT2D eigenvalue weighted by Crippen LogP contribution is 2.24. The highest BCUT2D eigenvalue weighted by atomic mass is 79.9. The van der Waals surface area contributed by atoms with Gasteiger partial charge in [-0.1, -0.05) is 0 Å². The minimum Gasteiger partial charge on any atom is -0.347 e. The molecule has 4 aromatic rings. The third-order valence-electron chi connectivity index (χ3n) is 6.26. The number of aromatic nitrogens is 6. The Morgan fingerprint density at radius 2 is 1.78 bits per heavy atom. The number of halogens is 1. The van der Waals surface area contributed by atoms with Crippen LogP contribution in [-0.2, 0) is 13.1 Å². The van der Waals surface area contributed by atoms with E-state index in [2.05, 4.69) is 80.7 Å². The van der Waals surface area contributed by atoms with Crippen molar-refractivity contribution in [3.05, 3.63) is 39.8 Å². The second-order valence-electron chi connectivity index (χ2n) is 8.42. The number of imidazole rings is 1. The first kappa shape index (κ1) is 21.1. The zero-order valence-electron chi connectivity index (χ0n) is 18.9. The van der Waals surface area contributed by atoms with Gasteiger partial charge in [0.1, 0.15) is 5.82 Å². The summed E-state index contributed by atoms with van der Waals surface area (Å²) in [5.74, 6) is 2.37. The Labute approximate surface area is 195 Å². The molecule has 1 fully saturated rings. The van der Waals surface area contributed by atoms with Crippen molar-refractivity contribution in [2.45, 2.75) is 33.9 Å². The van der Waals surface area contributed by atoms with Gasteiger partial charge in [-0.15, -0.1) is 0 Å². The molecule has 9 nitrogen and oxygen atoms in total. The number of rotatable bonds is 5. The molecule has 5 rings (SSSR count). The normalized spacial score (nSPS) is 15.2. The van der Waals surface area contributed by atoms with E-state index in [9.17, 15) is 0 Å². The SMILES string of the molecule is CCn1c(CNc2nc(N3CCN(C)CC3)nc3c(Br)cnn23)nc2cc(C)c(C)cc21. The molecule has 1 aliphatic heterocycles. The summed E-state index contributed by atoms with van der Waals surface area (Å²) >= 11 is 3.58. The number of hydrogen-bond donors (Lipinski definition) is 1. The number of benzene rings is 1. The summed E-state index contributed by atoms with van der Waals surface area (Å²) in [5, 5.41) is 7.94. The molecule has 0 spiro atoms. The Kier molecular flexibility index (Phi) is 5.50. The lowest BCUT2D eigenvalue weighted by Crippen LogP contribution is -2.45. The van der Waals surface area contributed by atoms with Crippen molar-refractivity contribution in [1.29, 1.82) is 0 Å². The molecule has 0 unspecified atom stereocenters. The molecular weight excluding hydrogens is 470 g/mol. The standard InChI is InChI=1S/C22H28BrN9/c1-5-31-18-11-15(3)14(2)10-17(18)26-19(31)13-24-21-28-22(30-8-6-29(4)7-9-30)27-20-16(23)12-25-32(20)21/h10-12H,5-9,13H2,1-4H3,(H,24,27,28). The molecular formula is C22H28BrN9. The Morgan fingerprint density at radius 1 is 1.03 bits per heavy atom. The van der Waals surface area contributed by atoms with E-state index >= 15 is 0 Å². The maximum Gasteiger partial charge on any atom is 0.230 e. The van der Waals surface area contributed by atoms with Crippen molar-refractivity contribution in [3.8, 4) is 0 Å². The van der Waals surface area contributed by atoms with Crippen molar-refractivity contribution in [2.24, 2.45) is 0 Å². The Morgan fingerprint density at radius 3 is 2.53 bits per heavy atom. The molecule has 1 N–H and O–H groups in total. The summed E-state index contributed by atoms with van der Waals surface area (Å²) in [6.07, 6.45) is 1.76. The van der Waals surface area contributed by atoms with Gasteiger partial charge in [0.05, 0.1) is 28.2 Å². The number of hydrogen-bond acceptors (Lipinski definition) is 7. The lowest BCUT2D eigenvalue weighted by molar-refractivity contribution is 0.311. The predicted octanol–water partition coefficient (Wildman–Crippen LogP) is 3.24. The molecule has 0 bridgehead atoms. The van der Waals surface area contributed by atoms with Crippen LogP contribution in [0.1, 0.15) is 23.9 Å². The first-order valence-corrected chi connectivity index (χ1v) is 11.8. The smallest absolute Gasteiger partial charge is 0.230 e. The van der Waals surface area contributed by atoms with E-state index in [1.165, 1.54) is 16.6 Å². The lowest BCUT2D eigenvalue weighted by atomic mass is 10.1. The zero-order chi connectivity index (χ0) is 22.4. The topological polar surface area (TPSA) is 79.4 Å². The van der Waals surface area contributed by atoms with Crippen molar-refractivity contribution in [2.75, 3.05) is 43.4 Å². The number of likely N-dealkylation sites (N-methyl/N-ethyl adjacent to an activating group) is 1. The molecule has 4 heterocycles. The summed E-state index contributed by atoms with van der Waals surface area (Å²) in [6, 6.07) is 4.39. The number of piperazine rings is 1. The van der Waals surface area contributed by atoms with E-state index in [-0.39, 0.29) is 0 Å². The molecule has 168 valence electrons. The van der Waals surface area contributed by atoms with Crippen molar-refractivity contribution in [3.63, 3.8) is 0 Å². The van der Waals surface area contributed by atoms with Gasteiger partial charge in [0.2, 0.25) is 11.9 Å². The largest absolute Gasteiger partial charge is 0.347 e. The summed E-state index contributed by atoms with van der Waals surface area (Å²) in [6.45, 7) is 11.6. The van der Waals surface area contributed by atoms with E-state index in [1.807, 2.05) is 0 Å². The third-order valence-corrected chi connectivity index (χ3v) is 6.82. The molecule has 0 radical (unpaired) electrons. The van der Waals surface area contributed by atoms with E-state index in [1.54, 1.807) is 10.7 Å². The third kappa shape index (κ3) is 3.71. The van der Waals surface area contributed by atoms with Crippen LogP contribution >= 0.6 is 15.9 Å². The van der Waals surface area contributed by atoms with Crippen molar-refractivity contribution < 1.29 is 0 Å². The van der Waals surface area contributed by atoms with Gasteiger partial charge in [-0.2, -0.15) is 19.6 Å². The highest BCUT2D eigenvalue weighted by Gasteiger charge is 2.20. The minimum atomic E-state index is 0.548. The van der Waals surface area contributed by atoms with Gasteiger partial charge in [-0.25, -0.2) is 4.98 Å². The quantitative estimate of drug-likeness (QED) is 0.453. The second-order valence-corrected chi connectivity index (χ2v) is 9.27. The van der Waals surface area contributed by atoms with Crippen LogP contribution in [0.25, 0.3) is 16.7 Å². The maximum absolute atomic E-state index is 4.91. The Hall–Kier alpha value is -2.72. The van der Waals surface area contributed by atoms with E-state index in [0.717, 1.165) is 60.1 Å². The average molecular weight is 498 g/mol.